The van der Waals surface area contributed by atoms with Crippen LogP contribution in [0.4, 0.5) is 0 Å². The molecule has 0 aliphatic carbocycles. The van der Waals surface area contributed by atoms with Gasteiger partial charge in [0, 0.05) is 18.0 Å². The van der Waals surface area contributed by atoms with Crippen LogP contribution in [0.5, 0.6) is 0 Å². The van der Waals surface area contributed by atoms with Crippen molar-refractivity contribution in [2.75, 3.05) is 6.61 Å². The lowest BCUT2D eigenvalue weighted by molar-refractivity contribution is 0.0491. The third kappa shape index (κ3) is 3.60. The van der Waals surface area contributed by atoms with E-state index in [0.29, 0.717) is 23.1 Å². The van der Waals surface area contributed by atoms with Gasteiger partial charge in [0.1, 0.15) is 5.69 Å². The molecule has 0 saturated heterocycles. The molecule has 0 saturated carbocycles. The topological polar surface area (TPSA) is 65.0 Å². The third-order valence-electron chi connectivity index (χ3n) is 3.15. The number of rotatable bonds is 6. The van der Waals surface area contributed by atoms with Crippen LogP contribution in [0.3, 0.4) is 0 Å². The molecule has 5 nitrogen and oxygen atoms in total. The molecule has 1 unspecified atom stereocenters. The highest BCUT2D eigenvalue weighted by Crippen LogP contribution is 2.23. The summed E-state index contributed by atoms with van der Waals surface area (Å²) in [6.07, 6.45) is 5.29. The summed E-state index contributed by atoms with van der Waals surface area (Å²) >= 11 is 1.05. The van der Waals surface area contributed by atoms with Crippen LogP contribution in [0.15, 0.2) is 24.5 Å². The molecular formula is C14H17N3O2S. The van der Waals surface area contributed by atoms with Gasteiger partial charge in [-0.15, -0.1) is 5.10 Å². The molecule has 2 heterocycles. The Balaban J connectivity index is 2.03. The summed E-state index contributed by atoms with van der Waals surface area (Å²) in [5.41, 5.74) is 1.31. The van der Waals surface area contributed by atoms with Crippen molar-refractivity contribution in [3.05, 3.63) is 29.4 Å². The van der Waals surface area contributed by atoms with E-state index in [1.54, 1.807) is 18.5 Å². The molecule has 0 aromatic carbocycles. The number of pyridine rings is 1. The fraction of sp³-hybridized carbons (Fsp3) is 0.429. The number of nitrogens with zero attached hydrogens (tertiary/aromatic N) is 3. The SMILES string of the molecule is CCC(C)CCOC(=O)c1snnc1-c1cccnc1. The predicted octanol–water partition coefficient (Wildman–Crippen LogP) is 3.19. The number of hydrogen-bond acceptors (Lipinski definition) is 6. The number of esters is 1. The quantitative estimate of drug-likeness (QED) is 0.765. The Labute approximate surface area is 122 Å². The second-order valence-corrected chi connectivity index (χ2v) is 5.38. The minimum absolute atomic E-state index is 0.359. The maximum atomic E-state index is 12.1. The van der Waals surface area contributed by atoms with Gasteiger partial charge < -0.3 is 4.74 Å². The number of ether oxygens (including phenoxy) is 1. The first-order valence-electron chi connectivity index (χ1n) is 6.62. The van der Waals surface area contributed by atoms with E-state index in [0.717, 1.165) is 29.9 Å². The van der Waals surface area contributed by atoms with E-state index in [-0.39, 0.29) is 5.97 Å². The van der Waals surface area contributed by atoms with Gasteiger partial charge in [0.2, 0.25) is 0 Å². The maximum Gasteiger partial charge on any atom is 0.352 e. The molecule has 0 fully saturated rings. The number of carbonyl (C=O) groups is 1. The zero-order valence-corrected chi connectivity index (χ0v) is 12.4. The first-order chi connectivity index (χ1) is 9.72. The van der Waals surface area contributed by atoms with Crippen molar-refractivity contribution in [2.45, 2.75) is 26.7 Å². The van der Waals surface area contributed by atoms with E-state index < -0.39 is 0 Å². The van der Waals surface area contributed by atoms with Crippen LogP contribution in [-0.4, -0.2) is 27.1 Å². The van der Waals surface area contributed by atoms with Crippen LogP contribution in [0, 0.1) is 5.92 Å². The fourth-order valence-corrected chi connectivity index (χ4v) is 2.22. The van der Waals surface area contributed by atoms with E-state index in [9.17, 15) is 4.79 Å². The summed E-state index contributed by atoms with van der Waals surface area (Å²) in [6, 6.07) is 3.65. The molecule has 0 aliphatic heterocycles. The van der Waals surface area contributed by atoms with Crippen LogP contribution in [0.2, 0.25) is 0 Å². The molecule has 6 heteroatoms. The van der Waals surface area contributed by atoms with Crippen molar-refractivity contribution in [1.82, 2.24) is 14.6 Å². The van der Waals surface area contributed by atoms with Crippen molar-refractivity contribution < 1.29 is 9.53 Å². The van der Waals surface area contributed by atoms with Gasteiger partial charge in [-0.25, -0.2) is 4.79 Å². The van der Waals surface area contributed by atoms with Gasteiger partial charge in [-0.1, -0.05) is 24.8 Å². The molecule has 0 radical (unpaired) electrons. The van der Waals surface area contributed by atoms with Gasteiger partial charge in [0.15, 0.2) is 4.88 Å². The lowest BCUT2D eigenvalue weighted by Crippen LogP contribution is -2.08. The van der Waals surface area contributed by atoms with Gasteiger partial charge >= 0.3 is 5.97 Å². The molecule has 20 heavy (non-hydrogen) atoms. The average molecular weight is 291 g/mol. The molecule has 0 spiro atoms. The van der Waals surface area contributed by atoms with Crippen LogP contribution < -0.4 is 0 Å². The summed E-state index contributed by atoms with van der Waals surface area (Å²) < 4.78 is 9.13. The summed E-state index contributed by atoms with van der Waals surface area (Å²) in [5.74, 6) is 0.197. The Morgan fingerprint density at radius 1 is 1.50 bits per heavy atom. The Bertz CT molecular complexity index is 557. The molecule has 0 bridgehead atoms. The molecule has 106 valence electrons. The van der Waals surface area contributed by atoms with Crippen molar-refractivity contribution in [1.29, 1.82) is 0 Å². The Morgan fingerprint density at radius 2 is 2.35 bits per heavy atom. The first-order valence-corrected chi connectivity index (χ1v) is 7.39. The molecule has 2 aromatic rings. The Morgan fingerprint density at radius 3 is 3.05 bits per heavy atom. The average Bonchev–Trinajstić information content (AvgIpc) is 2.97. The standard InChI is InChI=1S/C14H17N3O2S/c1-3-10(2)6-8-19-14(18)13-12(16-17-20-13)11-5-4-7-15-9-11/h4-5,7,9-10H,3,6,8H2,1-2H3. The Hall–Kier alpha value is -1.82. The fourth-order valence-electron chi connectivity index (χ4n) is 1.64. The van der Waals surface area contributed by atoms with E-state index in [1.165, 1.54) is 0 Å². The van der Waals surface area contributed by atoms with Crippen LogP contribution in [0.25, 0.3) is 11.3 Å². The minimum atomic E-state index is -0.359. The molecule has 0 aliphatic rings. The Kier molecular flexibility index (Phi) is 5.17. The largest absolute Gasteiger partial charge is 0.461 e. The normalized spacial score (nSPS) is 12.1. The zero-order valence-electron chi connectivity index (χ0n) is 11.6. The predicted molar refractivity (Wildman–Crippen MR) is 77.5 cm³/mol. The van der Waals surface area contributed by atoms with Gasteiger partial charge in [-0.05, 0) is 36.0 Å². The molecule has 2 rings (SSSR count). The highest BCUT2D eigenvalue weighted by molar-refractivity contribution is 7.08. The van der Waals surface area contributed by atoms with Crippen molar-refractivity contribution in [2.24, 2.45) is 5.92 Å². The molecule has 0 N–H and O–H groups in total. The van der Waals surface area contributed by atoms with Gasteiger partial charge in [-0.3, -0.25) is 4.98 Å². The summed E-state index contributed by atoms with van der Waals surface area (Å²) in [5, 5.41) is 3.99. The number of hydrogen-bond donors (Lipinski definition) is 0. The van der Waals surface area contributed by atoms with Crippen LogP contribution in [0.1, 0.15) is 36.4 Å². The van der Waals surface area contributed by atoms with E-state index >= 15 is 0 Å². The summed E-state index contributed by atoms with van der Waals surface area (Å²) in [7, 11) is 0. The molecular weight excluding hydrogens is 274 g/mol. The minimum Gasteiger partial charge on any atom is -0.461 e. The highest BCUT2D eigenvalue weighted by Gasteiger charge is 2.19. The summed E-state index contributed by atoms with van der Waals surface area (Å²) in [6.45, 7) is 4.70. The van der Waals surface area contributed by atoms with Crippen LogP contribution in [-0.2, 0) is 4.74 Å². The first kappa shape index (κ1) is 14.6. The second kappa shape index (κ2) is 7.09. The number of aromatic nitrogens is 3. The van der Waals surface area contributed by atoms with E-state index in [4.69, 9.17) is 4.74 Å². The van der Waals surface area contributed by atoms with Gasteiger partial charge in [0.05, 0.1) is 6.61 Å². The van der Waals surface area contributed by atoms with Gasteiger partial charge in [0.25, 0.3) is 0 Å². The maximum absolute atomic E-state index is 12.1. The van der Waals surface area contributed by atoms with Crippen molar-refractivity contribution >= 4 is 17.5 Å². The third-order valence-corrected chi connectivity index (χ3v) is 3.86. The van der Waals surface area contributed by atoms with Gasteiger partial charge in [-0.2, -0.15) is 0 Å². The smallest absolute Gasteiger partial charge is 0.352 e. The van der Waals surface area contributed by atoms with E-state index in [1.807, 2.05) is 6.07 Å². The van der Waals surface area contributed by atoms with E-state index in [2.05, 4.69) is 28.4 Å². The summed E-state index contributed by atoms with van der Waals surface area (Å²) in [4.78, 5) is 16.5. The van der Waals surface area contributed by atoms with Crippen molar-refractivity contribution in [3.63, 3.8) is 0 Å². The van der Waals surface area contributed by atoms with Crippen LogP contribution >= 0.6 is 11.5 Å². The zero-order chi connectivity index (χ0) is 14.4. The second-order valence-electron chi connectivity index (χ2n) is 4.63. The molecule has 2 aromatic heterocycles. The monoisotopic (exact) mass is 291 g/mol. The highest BCUT2D eigenvalue weighted by atomic mass is 32.1. The lowest BCUT2D eigenvalue weighted by Gasteiger charge is -2.08. The molecule has 0 amide bonds. The lowest BCUT2D eigenvalue weighted by atomic mass is 10.1. The number of carbonyl (C=O) groups excluding carboxylic acids is 1. The molecule has 1 atom stereocenters. The van der Waals surface area contributed by atoms with Crippen molar-refractivity contribution in [3.8, 4) is 11.3 Å².